The largest absolute Gasteiger partial charge is 0.496 e. The maximum absolute atomic E-state index is 11.4. The molecular weight excluding hydrogens is 288 g/mol. The lowest BCUT2D eigenvalue weighted by Crippen LogP contribution is -2.13. The summed E-state index contributed by atoms with van der Waals surface area (Å²) in [6.45, 7) is 1.97. The molecule has 0 radical (unpaired) electrons. The predicted octanol–water partition coefficient (Wildman–Crippen LogP) is 2.52. The molecule has 0 fully saturated rings. The van der Waals surface area contributed by atoms with Crippen molar-refractivity contribution in [1.82, 2.24) is 0 Å². The van der Waals surface area contributed by atoms with Crippen LogP contribution < -0.4 is 15.2 Å². The second-order valence-electron chi connectivity index (χ2n) is 4.68. The summed E-state index contributed by atoms with van der Waals surface area (Å²) >= 11 is 0. The Hall–Kier alpha value is -2.05. The van der Waals surface area contributed by atoms with Crippen molar-refractivity contribution in [2.75, 3.05) is 12.4 Å². The van der Waals surface area contributed by atoms with Crippen LogP contribution in [-0.4, -0.2) is 15.5 Å². The molecule has 0 spiro atoms. The number of ether oxygens (including phenoxy) is 1. The van der Waals surface area contributed by atoms with E-state index in [2.05, 4.69) is 5.32 Å². The van der Waals surface area contributed by atoms with E-state index in [1.807, 2.05) is 31.2 Å². The SMILES string of the molecule is COc1ccccc1C(C)Nc1cccc(S(N)(=O)=O)c1. The van der Waals surface area contributed by atoms with Crippen molar-refractivity contribution in [3.8, 4) is 5.75 Å². The number of sulfonamides is 1. The van der Waals surface area contributed by atoms with Crippen molar-refractivity contribution in [3.05, 3.63) is 54.1 Å². The van der Waals surface area contributed by atoms with E-state index in [4.69, 9.17) is 9.88 Å². The van der Waals surface area contributed by atoms with Gasteiger partial charge in [-0.3, -0.25) is 0 Å². The summed E-state index contributed by atoms with van der Waals surface area (Å²) in [6.07, 6.45) is 0. The Labute approximate surface area is 124 Å². The maximum Gasteiger partial charge on any atom is 0.238 e. The van der Waals surface area contributed by atoms with Crippen LogP contribution in [0.15, 0.2) is 53.4 Å². The second kappa shape index (κ2) is 6.15. The molecule has 0 bridgehead atoms. The van der Waals surface area contributed by atoms with Gasteiger partial charge < -0.3 is 10.1 Å². The first-order chi connectivity index (χ1) is 9.91. The van der Waals surface area contributed by atoms with E-state index in [1.54, 1.807) is 19.2 Å². The van der Waals surface area contributed by atoms with Gasteiger partial charge in [-0.1, -0.05) is 24.3 Å². The fourth-order valence-corrected chi connectivity index (χ4v) is 2.67. The maximum atomic E-state index is 11.4. The van der Waals surface area contributed by atoms with Gasteiger partial charge in [0.05, 0.1) is 18.0 Å². The van der Waals surface area contributed by atoms with Gasteiger partial charge in [0.2, 0.25) is 10.0 Å². The zero-order valence-electron chi connectivity index (χ0n) is 11.9. The van der Waals surface area contributed by atoms with Crippen LogP contribution in [0.2, 0.25) is 0 Å². The van der Waals surface area contributed by atoms with Crippen LogP contribution >= 0.6 is 0 Å². The van der Waals surface area contributed by atoms with Crippen LogP contribution in [0.4, 0.5) is 5.69 Å². The Morgan fingerprint density at radius 3 is 2.52 bits per heavy atom. The highest BCUT2D eigenvalue weighted by molar-refractivity contribution is 7.89. The lowest BCUT2D eigenvalue weighted by Gasteiger charge is -2.18. The van der Waals surface area contributed by atoms with Crippen molar-refractivity contribution in [3.63, 3.8) is 0 Å². The molecule has 2 rings (SSSR count). The molecule has 0 amide bonds. The van der Waals surface area contributed by atoms with Gasteiger partial charge in [0.1, 0.15) is 5.75 Å². The van der Waals surface area contributed by atoms with E-state index < -0.39 is 10.0 Å². The molecule has 21 heavy (non-hydrogen) atoms. The molecule has 112 valence electrons. The van der Waals surface area contributed by atoms with E-state index in [1.165, 1.54) is 12.1 Å². The Morgan fingerprint density at radius 2 is 1.86 bits per heavy atom. The van der Waals surface area contributed by atoms with Crippen LogP contribution in [0.25, 0.3) is 0 Å². The Balaban J connectivity index is 2.26. The molecule has 3 N–H and O–H groups in total. The first kappa shape index (κ1) is 15.3. The van der Waals surface area contributed by atoms with Gasteiger partial charge in [0.15, 0.2) is 0 Å². The fraction of sp³-hybridized carbons (Fsp3) is 0.200. The number of anilines is 1. The minimum absolute atomic E-state index is 0.0446. The number of methoxy groups -OCH3 is 1. The zero-order valence-corrected chi connectivity index (χ0v) is 12.7. The molecule has 0 saturated heterocycles. The molecule has 2 aromatic rings. The highest BCUT2D eigenvalue weighted by atomic mass is 32.2. The lowest BCUT2D eigenvalue weighted by atomic mass is 10.1. The highest BCUT2D eigenvalue weighted by Crippen LogP contribution is 2.27. The van der Waals surface area contributed by atoms with E-state index in [9.17, 15) is 8.42 Å². The lowest BCUT2D eigenvalue weighted by molar-refractivity contribution is 0.408. The van der Waals surface area contributed by atoms with Gasteiger partial charge in [0, 0.05) is 11.3 Å². The van der Waals surface area contributed by atoms with Crippen molar-refractivity contribution in [1.29, 1.82) is 0 Å². The minimum atomic E-state index is -3.70. The molecule has 5 nitrogen and oxygen atoms in total. The Bertz CT molecular complexity index is 729. The molecule has 0 aliphatic carbocycles. The van der Waals surface area contributed by atoms with Crippen LogP contribution in [-0.2, 0) is 10.0 Å². The third kappa shape index (κ3) is 3.74. The number of hydrogen-bond donors (Lipinski definition) is 2. The molecule has 0 aromatic heterocycles. The average Bonchev–Trinajstić information content (AvgIpc) is 2.46. The summed E-state index contributed by atoms with van der Waals surface area (Å²) in [4.78, 5) is 0.0831. The smallest absolute Gasteiger partial charge is 0.238 e. The van der Waals surface area contributed by atoms with Crippen LogP contribution in [0.5, 0.6) is 5.75 Å². The van der Waals surface area contributed by atoms with Crippen molar-refractivity contribution < 1.29 is 13.2 Å². The van der Waals surface area contributed by atoms with Crippen molar-refractivity contribution in [2.24, 2.45) is 5.14 Å². The van der Waals surface area contributed by atoms with Crippen molar-refractivity contribution in [2.45, 2.75) is 17.9 Å². The van der Waals surface area contributed by atoms with E-state index in [0.717, 1.165) is 11.3 Å². The van der Waals surface area contributed by atoms with Crippen molar-refractivity contribution >= 4 is 15.7 Å². The quantitative estimate of drug-likeness (QED) is 0.889. The van der Waals surface area contributed by atoms with E-state index in [-0.39, 0.29) is 10.9 Å². The molecule has 0 saturated carbocycles. The Kier molecular flexibility index (Phi) is 4.50. The fourth-order valence-electron chi connectivity index (χ4n) is 2.11. The average molecular weight is 306 g/mol. The molecule has 2 aromatic carbocycles. The summed E-state index contributed by atoms with van der Waals surface area (Å²) in [5.41, 5.74) is 1.67. The third-order valence-electron chi connectivity index (χ3n) is 3.15. The standard InChI is InChI=1S/C15H18N2O3S/c1-11(14-8-3-4-9-15(14)20-2)17-12-6-5-7-13(10-12)21(16,18)19/h3-11,17H,1-2H3,(H2,16,18,19). The topological polar surface area (TPSA) is 81.4 Å². The molecule has 1 unspecified atom stereocenters. The van der Waals surface area contributed by atoms with Gasteiger partial charge in [-0.05, 0) is 31.2 Å². The number of primary sulfonamides is 1. The van der Waals surface area contributed by atoms with Gasteiger partial charge in [-0.25, -0.2) is 13.6 Å². The number of benzene rings is 2. The van der Waals surface area contributed by atoms with E-state index in [0.29, 0.717) is 5.69 Å². The molecule has 0 heterocycles. The number of nitrogens with two attached hydrogens (primary N) is 1. The van der Waals surface area contributed by atoms with Gasteiger partial charge in [-0.15, -0.1) is 0 Å². The summed E-state index contributed by atoms with van der Waals surface area (Å²) < 4.78 is 28.1. The first-order valence-corrected chi connectivity index (χ1v) is 7.99. The normalized spacial score (nSPS) is 12.7. The van der Waals surface area contributed by atoms with Crippen LogP contribution in [0.3, 0.4) is 0 Å². The second-order valence-corrected chi connectivity index (χ2v) is 6.24. The molecule has 6 heteroatoms. The predicted molar refractivity (Wildman–Crippen MR) is 82.8 cm³/mol. The van der Waals surface area contributed by atoms with Gasteiger partial charge in [0.25, 0.3) is 0 Å². The van der Waals surface area contributed by atoms with Crippen LogP contribution in [0.1, 0.15) is 18.5 Å². The minimum Gasteiger partial charge on any atom is -0.496 e. The van der Waals surface area contributed by atoms with E-state index >= 15 is 0 Å². The molecule has 1 atom stereocenters. The summed E-state index contributed by atoms with van der Waals surface area (Å²) in [6, 6.07) is 14.0. The zero-order chi connectivity index (χ0) is 15.5. The third-order valence-corrected chi connectivity index (χ3v) is 4.06. The molecule has 0 aliphatic rings. The first-order valence-electron chi connectivity index (χ1n) is 6.44. The monoisotopic (exact) mass is 306 g/mol. The summed E-state index contributed by atoms with van der Waals surface area (Å²) in [5.74, 6) is 0.778. The molecular formula is C15H18N2O3S. The van der Waals surface area contributed by atoms with Crippen LogP contribution in [0, 0.1) is 0 Å². The number of hydrogen-bond acceptors (Lipinski definition) is 4. The summed E-state index contributed by atoms with van der Waals surface area (Å²) in [5, 5.41) is 8.38. The Morgan fingerprint density at radius 1 is 1.14 bits per heavy atom. The number of nitrogens with one attached hydrogen (secondary N) is 1. The highest BCUT2D eigenvalue weighted by Gasteiger charge is 2.12. The summed E-state index contributed by atoms with van der Waals surface area (Å²) in [7, 11) is -2.09. The molecule has 0 aliphatic heterocycles. The van der Waals surface area contributed by atoms with Gasteiger partial charge in [-0.2, -0.15) is 0 Å². The number of para-hydroxylation sites is 1. The van der Waals surface area contributed by atoms with Gasteiger partial charge >= 0.3 is 0 Å². The number of rotatable bonds is 5.